The highest BCUT2D eigenvalue weighted by Gasteiger charge is 2.20. The number of aryl methyl sites for hydroxylation is 1. The monoisotopic (exact) mass is 319 g/mol. The molecule has 0 aliphatic heterocycles. The van der Waals surface area contributed by atoms with Crippen molar-refractivity contribution in [3.05, 3.63) is 77.2 Å². The van der Waals surface area contributed by atoms with Gasteiger partial charge in [0.15, 0.2) is 5.82 Å². The van der Waals surface area contributed by atoms with Crippen molar-refractivity contribution in [3.63, 3.8) is 0 Å². The summed E-state index contributed by atoms with van der Waals surface area (Å²) in [6, 6.07) is 15.4. The molecule has 3 rings (SSSR count). The van der Waals surface area contributed by atoms with Crippen LogP contribution in [0.15, 0.2) is 54.7 Å². The Hall–Kier alpha value is -3.08. The van der Waals surface area contributed by atoms with E-state index in [1.807, 2.05) is 48.5 Å². The summed E-state index contributed by atoms with van der Waals surface area (Å²) in [7, 11) is 1.36. The molecular formula is C19H17N3O2. The Morgan fingerprint density at radius 1 is 1.04 bits per heavy atom. The maximum absolute atomic E-state index is 12.2. The van der Waals surface area contributed by atoms with Gasteiger partial charge in [0.05, 0.1) is 18.5 Å². The lowest BCUT2D eigenvalue weighted by Gasteiger charge is -2.12. The SMILES string of the molecule is COC(=O)c1c(C)nc(-c2ccccn2)nc1Cc1ccccc1. The second-order valence-electron chi connectivity index (χ2n) is 5.32. The molecule has 2 heterocycles. The minimum Gasteiger partial charge on any atom is -0.465 e. The van der Waals surface area contributed by atoms with Gasteiger partial charge >= 0.3 is 5.97 Å². The summed E-state index contributed by atoms with van der Waals surface area (Å²) in [6.45, 7) is 1.79. The first-order valence-corrected chi connectivity index (χ1v) is 7.60. The minimum absolute atomic E-state index is 0.418. The Morgan fingerprint density at radius 3 is 2.46 bits per heavy atom. The second-order valence-corrected chi connectivity index (χ2v) is 5.32. The number of esters is 1. The zero-order valence-corrected chi connectivity index (χ0v) is 13.6. The summed E-state index contributed by atoms with van der Waals surface area (Å²) in [6.07, 6.45) is 2.22. The predicted molar refractivity (Wildman–Crippen MR) is 90.6 cm³/mol. The predicted octanol–water partition coefficient (Wildman–Crippen LogP) is 3.22. The molecule has 0 aliphatic rings. The number of ether oxygens (including phenoxy) is 1. The van der Waals surface area contributed by atoms with Crippen molar-refractivity contribution >= 4 is 5.97 Å². The second kappa shape index (κ2) is 7.00. The molecule has 0 fully saturated rings. The third-order valence-electron chi connectivity index (χ3n) is 3.66. The van der Waals surface area contributed by atoms with Crippen molar-refractivity contribution in [1.29, 1.82) is 0 Å². The molecule has 0 saturated heterocycles. The van der Waals surface area contributed by atoms with E-state index in [9.17, 15) is 4.79 Å². The van der Waals surface area contributed by atoms with Crippen LogP contribution in [0.2, 0.25) is 0 Å². The van der Waals surface area contributed by atoms with Crippen LogP contribution in [0.1, 0.15) is 27.3 Å². The molecule has 0 spiro atoms. The van der Waals surface area contributed by atoms with Gasteiger partial charge in [0.2, 0.25) is 0 Å². The molecule has 3 aromatic rings. The van der Waals surface area contributed by atoms with Crippen LogP contribution in [-0.4, -0.2) is 28.0 Å². The lowest BCUT2D eigenvalue weighted by Crippen LogP contribution is -2.13. The van der Waals surface area contributed by atoms with E-state index in [0.717, 1.165) is 5.56 Å². The summed E-state index contributed by atoms with van der Waals surface area (Å²) in [5.41, 5.74) is 3.38. The molecule has 0 unspecified atom stereocenters. The Labute approximate surface area is 140 Å². The topological polar surface area (TPSA) is 65.0 Å². The Morgan fingerprint density at radius 2 is 1.79 bits per heavy atom. The van der Waals surface area contributed by atoms with E-state index in [1.54, 1.807) is 13.1 Å². The third-order valence-corrected chi connectivity index (χ3v) is 3.66. The van der Waals surface area contributed by atoms with Gasteiger partial charge in [0, 0.05) is 12.6 Å². The fraction of sp³-hybridized carbons (Fsp3) is 0.158. The third kappa shape index (κ3) is 3.30. The molecule has 5 heteroatoms. The number of aromatic nitrogens is 3. The van der Waals surface area contributed by atoms with Crippen LogP contribution in [0.4, 0.5) is 0 Å². The van der Waals surface area contributed by atoms with Crippen LogP contribution in [0, 0.1) is 6.92 Å². The highest BCUT2D eigenvalue weighted by Crippen LogP contribution is 2.20. The van der Waals surface area contributed by atoms with Gasteiger partial charge in [-0.2, -0.15) is 0 Å². The van der Waals surface area contributed by atoms with Gasteiger partial charge in [-0.25, -0.2) is 14.8 Å². The molecule has 0 bridgehead atoms. The molecular weight excluding hydrogens is 302 g/mol. The summed E-state index contributed by atoms with van der Waals surface area (Å²) in [5.74, 6) is 0.0812. The quantitative estimate of drug-likeness (QED) is 0.691. The molecule has 24 heavy (non-hydrogen) atoms. The van der Waals surface area contributed by atoms with Gasteiger partial charge in [-0.1, -0.05) is 36.4 Å². The van der Waals surface area contributed by atoms with E-state index in [2.05, 4.69) is 15.0 Å². The molecule has 1 aromatic carbocycles. The van der Waals surface area contributed by atoms with Crippen LogP contribution in [0.5, 0.6) is 0 Å². The highest BCUT2D eigenvalue weighted by molar-refractivity contribution is 5.92. The molecule has 0 N–H and O–H groups in total. The fourth-order valence-corrected chi connectivity index (χ4v) is 2.53. The van der Waals surface area contributed by atoms with Gasteiger partial charge in [0.1, 0.15) is 11.3 Å². The zero-order chi connectivity index (χ0) is 16.9. The lowest BCUT2D eigenvalue weighted by atomic mass is 10.0. The maximum atomic E-state index is 12.2. The summed E-state index contributed by atoms with van der Waals surface area (Å²) in [4.78, 5) is 25.5. The lowest BCUT2D eigenvalue weighted by molar-refractivity contribution is 0.0597. The molecule has 5 nitrogen and oxygen atoms in total. The number of carbonyl (C=O) groups is 1. The highest BCUT2D eigenvalue weighted by atomic mass is 16.5. The smallest absolute Gasteiger partial charge is 0.341 e. The molecule has 0 atom stereocenters. The van der Waals surface area contributed by atoms with E-state index < -0.39 is 5.97 Å². The summed E-state index contributed by atoms with van der Waals surface area (Å²) < 4.78 is 4.91. The van der Waals surface area contributed by atoms with E-state index in [4.69, 9.17) is 4.74 Å². The van der Waals surface area contributed by atoms with Crippen molar-refractivity contribution in [2.75, 3.05) is 7.11 Å². The first-order chi connectivity index (χ1) is 11.7. The first kappa shape index (κ1) is 15.8. The largest absolute Gasteiger partial charge is 0.465 e. The average Bonchev–Trinajstić information content (AvgIpc) is 2.62. The van der Waals surface area contributed by atoms with Crippen LogP contribution in [-0.2, 0) is 11.2 Å². The number of methoxy groups -OCH3 is 1. The number of benzene rings is 1. The average molecular weight is 319 g/mol. The molecule has 0 aliphatic carbocycles. The molecule has 120 valence electrons. The summed E-state index contributed by atoms with van der Waals surface area (Å²) in [5, 5.41) is 0. The van der Waals surface area contributed by atoms with Gasteiger partial charge in [0.25, 0.3) is 0 Å². The van der Waals surface area contributed by atoms with Crippen LogP contribution < -0.4 is 0 Å². The number of pyridine rings is 1. The maximum Gasteiger partial charge on any atom is 0.341 e. The number of nitrogens with zero attached hydrogens (tertiary/aromatic N) is 3. The van der Waals surface area contributed by atoms with Gasteiger partial charge in [-0.05, 0) is 24.6 Å². The number of hydrogen-bond donors (Lipinski definition) is 0. The van der Waals surface area contributed by atoms with Gasteiger partial charge < -0.3 is 4.74 Å². The molecule has 0 saturated carbocycles. The van der Waals surface area contributed by atoms with Gasteiger partial charge in [-0.15, -0.1) is 0 Å². The molecule has 2 aromatic heterocycles. The fourth-order valence-electron chi connectivity index (χ4n) is 2.53. The van der Waals surface area contributed by atoms with E-state index >= 15 is 0 Å². The number of carbonyl (C=O) groups excluding carboxylic acids is 1. The molecule has 0 amide bonds. The van der Waals surface area contributed by atoms with Crippen molar-refractivity contribution in [2.24, 2.45) is 0 Å². The molecule has 0 radical (unpaired) electrons. The number of hydrogen-bond acceptors (Lipinski definition) is 5. The van der Waals surface area contributed by atoms with E-state index in [1.165, 1.54) is 7.11 Å². The Bertz CT molecular complexity index is 849. The summed E-state index contributed by atoms with van der Waals surface area (Å²) >= 11 is 0. The van der Waals surface area contributed by atoms with Crippen molar-refractivity contribution in [3.8, 4) is 11.5 Å². The Balaban J connectivity index is 2.12. The normalized spacial score (nSPS) is 10.4. The van der Waals surface area contributed by atoms with Crippen molar-refractivity contribution in [2.45, 2.75) is 13.3 Å². The van der Waals surface area contributed by atoms with E-state index in [-0.39, 0.29) is 0 Å². The Kier molecular flexibility index (Phi) is 4.61. The van der Waals surface area contributed by atoms with Crippen LogP contribution in [0.3, 0.4) is 0 Å². The van der Waals surface area contributed by atoms with Crippen molar-refractivity contribution in [1.82, 2.24) is 15.0 Å². The van der Waals surface area contributed by atoms with Crippen LogP contribution >= 0.6 is 0 Å². The van der Waals surface area contributed by atoms with Gasteiger partial charge in [-0.3, -0.25) is 4.98 Å². The number of rotatable bonds is 4. The minimum atomic E-state index is -0.425. The first-order valence-electron chi connectivity index (χ1n) is 7.60. The van der Waals surface area contributed by atoms with Crippen LogP contribution in [0.25, 0.3) is 11.5 Å². The van der Waals surface area contributed by atoms with E-state index in [0.29, 0.717) is 34.9 Å². The van der Waals surface area contributed by atoms with Crippen molar-refractivity contribution < 1.29 is 9.53 Å². The standard InChI is InChI=1S/C19H17N3O2/c1-13-17(19(23)24-2)16(12-14-8-4-3-5-9-14)22-18(21-13)15-10-6-7-11-20-15/h3-11H,12H2,1-2H3. The zero-order valence-electron chi connectivity index (χ0n) is 13.6.